The number of aryl methyl sites for hydroxylation is 1. The van der Waals surface area contributed by atoms with Crippen LogP contribution in [0.2, 0.25) is 0 Å². The van der Waals surface area contributed by atoms with Crippen molar-refractivity contribution in [2.45, 2.75) is 26.4 Å². The third-order valence-corrected chi connectivity index (χ3v) is 3.72. The molecular weight excluding hydrogens is 270 g/mol. The van der Waals surface area contributed by atoms with Crippen molar-refractivity contribution in [3.05, 3.63) is 30.4 Å². The lowest BCUT2D eigenvalue weighted by molar-refractivity contribution is 0.0142. The Morgan fingerprint density at radius 3 is 2.86 bits per heavy atom. The molecule has 0 unspecified atom stereocenters. The number of carbonyl (C=O) groups is 1. The van der Waals surface area contributed by atoms with Gasteiger partial charge in [-0.2, -0.15) is 5.10 Å². The number of nitrogens with one attached hydrogen (secondary N) is 1. The molecule has 114 valence electrons. The van der Waals surface area contributed by atoms with E-state index in [2.05, 4.69) is 10.4 Å². The number of hydrogen-bond acceptors (Lipinski definition) is 4. The molecule has 2 N–H and O–H groups in total. The summed E-state index contributed by atoms with van der Waals surface area (Å²) in [7, 11) is 1.75. The summed E-state index contributed by atoms with van der Waals surface area (Å²) >= 11 is 0. The lowest BCUT2D eigenvalue weighted by Crippen LogP contribution is -2.44. The molecule has 2 aromatic heterocycles. The Morgan fingerprint density at radius 1 is 1.57 bits per heavy atom. The van der Waals surface area contributed by atoms with Crippen LogP contribution in [0.4, 0.5) is 0 Å². The third-order valence-electron chi connectivity index (χ3n) is 3.72. The summed E-state index contributed by atoms with van der Waals surface area (Å²) in [6.07, 6.45) is 4.74. The minimum Gasteiger partial charge on any atom is -0.472 e. The van der Waals surface area contributed by atoms with Crippen molar-refractivity contribution in [3.63, 3.8) is 0 Å². The highest BCUT2D eigenvalue weighted by Crippen LogP contribution is 2.22. The normalized spacial score (nSPS) is 14.2. The molecule has 6 heteroatoms. The second-order valence-electron chi connectivity index (χ2n) is 5.77. The van der Waals surface area contributed by atoms with Gasteiger partial charge in [0.25, 0.3) is 5.91 Å². The van der Waals surface area contributed by atoms with Crippen LogP contribution in [-0.2, 0) is 7.05 Å². The van der Waals surface area contributed by atoms with E-state index in [1.54, 1.807) is 37.2 Å². The van der Waals surface area contributed by atoms with E-state index in [9.17, 15) is 9.90 Å². The summed E-state index contributed by atoms with van der Waals surface area (Å²) in [5.74, 6) is -0.222. The zero-order chi connectivity index (χ0) is 15.6. The minimum atomic E-state index is -0.951. The number of rotatable bonds is 5. The largest absolute Gasteiger partial charge is 0.472 e. The molecule has 0 aromatic carbocycles. The molecule has 21 heavy (non-hydrogen) atoms. The van der Waals surface area contributed by atoms with Gasteiger partial charge >= 0.3 is 0 Å². The predicted molar refractivity (Wildman–Crippen MR) is 78.7 cm³/mol. The predicted octanol–water partition coefficient (Wildman–Crippen LogP) is 1.82. The Balaban J connectivity index is 2.17. The molecular formula is C15H21N3O3. The molecule has 0 radical (unpaired) electrons. The first-order chi connectivity index (χ1) is 9.81. The summed E-state index contributed by atoms with van der Waals surface area (Å²) in [6, 6.07) is 1.75. The number of carbonyl (C=O) groups excluding carboxylic acids is 1. The first kappa shape index (κ1) is 15.3. The van der Waals surface area contributed by atoms with Crippen LogP contribution in [0.15, 0.2) is 29.2 Å². The number of hydrogen-bond donors (Lipinski definition) is 2. The van der Waals surface area contributed by atoms with E-state index in [1.807, 2.05) is 13.8 Å². The molecule has 0 saturated heterocycles. The van der Waals surface area contributed by atoms with E-state index in [0.29, 0.717) is 11.3 Å². The highest BCUT2D eigenvalue weighted by molar-refractivity contribution is 5.99. The number of nitrogens with zero attached hydrogens (tertiary/aromatic N) is 2. The molecule has 2 heterocycles. The van der Waals surface area contributed by atoms with Gasteiger partial charge in [-0.3, -0.25) is 9.48 Å². The van der Waals surface area contributed by atoms with Crippen molar-refractivity contribution < 1.29 is 14.3 Å². The van der Waals surface area contributed by atoms with Crippen LogP contribution in [0.5, 0.6) is 0 Å². The van der Waals surface area contributed by atoms with Crippen LogP contribution in [0, 0.1) is 5.92 Å². The second-order valence-corrected chi connectivity index (χ2v) is 5.77. The van der Waals surface area contributed by atoms with E-state index in [0.717, 1.165) is 5.56 Å². The van der Waals surface area contributed by atoms with Crippen LogP contribution in [0.25, 0.3) is 11.3 Å². The van der Waals surface area contributed by atoms with E-state index in [-0.39, 0.29) is 18.4 Å². The maximum atomic E-state index is 12.3. The SMILES string of the molecule is CC(C)[C@@](C)(O)CNC(=O)c1cn(C)nc1-c1ccoc1. The molecule has 0 saturated carbocycles. The highest BCUT2D eigenvalue weighted by atomic mass is 16.3. The van der Waals surface area contributed by atoms with Gasteiger partial charge in [0.2, 0.25) is 0 Å². The van der Waals surface area contributed by atoms with Crippen LogP contribution in [0.3, 0.4) is 0 Å². The Hall–Kier alpha value is -2.08. The van der Waals surface area contributed by atoms with Gasteiger partial charge in [-0.1, -0.05) is 13.8 Å². The van der Waals surface area contributed by atoms with Gasteiger partial charge in [-0.25, -0.2) is 0 Å². The summed E-state index contributed by atoms with van der Waals surface area (Å²) < 4.78 is 6.62. The van der Waals surface area contributed by atoms with E-state index >= 15 is 0 Å². The number of furan rings is 1. The van der Waals surface area contributed by atoms with Crippen molar-refractivity contribution >= 4 is 5.91 Å². The topological polar surface area (TPSA) is 80.3 Å². The Morgan fingerprint density at radius 2 is 2.29 bits per heavy atom. The first-order valence-corrected chi connectivity index (χ1v) is 6.88. The zero-order valence-electron chi connectivity index (χ0n) is 12.8. The van der Waals surface area contributed by atoms with Crippen LogP contribution in [-0.4, -0.2) is 32.9 Å². The molecule has 0 fully saturated rings. The van der Waals surface area contributed by atoms with E-state index in [1.165, 1.54) is 6.26 Å². The maximum Gasteiger partial charge on any atom is 0.255 e. The quantitative estimate of drug-likeness (QED) is 0.880. The van der Waals surface area contributed by atoms with Crippen molar-refractivity contribution in [1.82, 2.24) is 15.1 Å². The Bertz CT molecular complexity index is 612. The number of amides is 1. The lowest BCUT2D eigenvalue weighted by Gasteiger charge is -2.27. The standard InChI is InChI=1S/C15H21N3O3/c1-10(2)15(3,20)9-16-14(19)12-7-18(4)17-13(12)11-5-6-21-8-11/h5-8,10,20H,9H2,1-4H3,(H,16,19)/t15-/m0/s1. The summed E-state index contributed by atoms with van der Waals surface area (Å²) in [5, 5.41) is 17.2. The molecule has 1 amide bonds. The van der Waals surface area contributed by atoms with E-state index in [4.69, 9.17) is 4.42 Å². The van der Waals surface area contributed by atoms with Crippen LogP contribution >= 0.6 is 0 Å². The van der Waals surface area contributed by atoms with Crippen LogP contribution < -0.4 is 5.32 Å². The fourth-order valence-corrected chi connectivity index (χ4v) is 1.83. The lowest BCUT2D eigenvalue weighted by atomic mass is 9.92. The van der Waals surface area contributed by atoms with Gasteiger partial charge in [0.05, 0.1) is 23.7 Å². The summed E-state index contributed by atoms with van der Waals surface area (Å²) in [4.78, 5) is 12.3. The van der Waals surface area contributed by atoms with Crippen molar-refractivity contribution in [2.24, 2.45) is 13.0 Å². The van der Waals surface area contributed by atoms with Gasteiger partial charge in [-0.15, -0.1) is 0 Å². The smallest absolute Gasteiger partial charge is 0.255 e. The van der Waals surface area contributed by atoms with Crippen LogP contribution in [0.1, 0.15) is 31.1 Å². The average Bonchev–Trinajstić information content (AvgIpc) is 3.04. The zero-order valence-corrected chi connectivity index (χ0v) is 12.8. The van der Waals surface area contributed by atoms with Gasteiger partial charge in [-0.05, 0) is 18.9 Å². The summed E-state index contributed by atoms with van der Waals surface area (Å²) in [5.41, 5.74) is 0.816. The molecule has 0 bridgehead atoms. The number of aliphatic hydroxyl groups is 1. The fraction of sp³-hybridized carbons (Fsp3) is 0.467. The van der Waals surface area contributed by atoms with Crippen molar-refractivity contribution in [2.75, 3.05) is 6.54 Å². The highest BCUT2D eigenvalue weighted by Gasteiger charge is 2.26. The Kier molecular flexibility index (Phi) is 4.18. The fourth-order valence-electron chi connectivity index (χ4n) is 1.83. The van der Waals surface area contributed by atoms with Gasteiger partial charge in [0, 0.05) is 25.4 Å². The molecule has 6 nitrogen and oxygen atoms in total. The van der Waals surface area contributed by atoms with Gasteiger partial charge in [0.1, 0.15) is 5.69 Å². The molecule has 0 aliphatic heterocycles. The average molecular weight is 291 g/mol. The molecule has 1 atom stereocenters. The molecule has 0 spiro atoms. The molecule has 0 aliphatic carbocycles. The maximum absolute atomic E-state index is 12.3. The molecule has 2 aromatic rings. The van der Waals surface area contributed by atoms with E-state index < -0.39 is 5.60 Å². The van der Waals surface area contributed by atoms with Crippen molar-refractivity contribution in [3.8, 4) is 11.3 Å². The number of aromatic nitrogens is 2. The first-order valence-electron chi connectivity index (χ1n) is 6.88. The van der Waals surface area contributed by atoms with Gasteiger partial charge < -0.3 is 14.8 Å². The van der Waals surface area contributed by atoms with Crippen molar-refractivity contribution in [1.29, 1.82) is 0 Å². The van der Waals surface area contributed by atoms with Gasteiger partial charge in [0.15, 0.2) is 0 Å². The third kappa shape index (κ3) is 3.33. The second kappa shape index (κ2) is 5.73. The monoisotopic (exact) mass is 291 g/mol. The molecule has 2 rings (SSSR count). The molecule has 0 aliphatic rings. The Labute approximate surface area is 123 Å². The minimum absolute atomic E-state index is 0.0417. The summed E-state index contributed by atoms with van der Waals surface area (Å²) in [6.45, 7) is 5.71.